The Kier molecular flexibility index (Phi) is 7.47. The Labute approximate surface area is 122 Å². The van der Waals surface area contributed by atoms with E-state index in [0.29, 0.717) is 6.04 Å². The molecule has 1 aromatic heterocycles. The van der Waals surface area contributed by atoms with Crippen LogP contribution in [0.2, 0.25) is 5.02 Å². The van der Waals surface area contributed by atoms with Crippen molar-refractivity contribution < 1.29 is 0 Å². The second-order valence-corrected chi connectivity index (χ2v) is 5.55. The molecule has 1 heterocycles. The first-order valence-electron chi connectivity index (χ1n) is 7.59. The van der Waals surface area contributed by atoms with E-state index in [1.165, 1.54) is 32.1 Å². The van der Waals surface area contributed by atoms with Gasteiger partial charge in [-0.05, 0) is 26.7 Å². The lowest BCUT2D eigenvalue weighted by Crippen LogP contribution is -2.29. The lowest BCUT2D eigenvalue weighted by atomic mass is 10.1. The summed E-state index contributed by atoms with van der Waals surface area (Å²) >= 11 is 6.33. The van der Waals surface area contributed by atoms with Gasteiger partial charge in [0.2, 0.25) is 0 Å². The van der Waals surface area contributed by atoms with Gasteiger partial charge in [0.05, 0.1) is 16.4 Å². The van der Waals surface area contributed by atoms with E-state index in [0.717, 1.165) is 29.5 Å². The summed E-state index contributed by atoms with van der Waals surface area (Å²) in [7, 11) is 0. The van der Waals surface area contributed by atoms with Crippen molar-refractivity contribution in [2.24, 2.45) is 0 Å². The molecule has 0 aliphatic rings. The maximum absolute atomic E-state index is 6.33. The molecule has 1 aromatic rings. The monoisotopic (exact) mass is 285 g/mol. The molecule has 0 amide bonds. The highest BCUT2D eigenvalue weighted by atomic mass is 35.5. The van der Waals surface area contributed by atoms with Gasteiger partial charge >= 0.3 is 0 Å². The van der Waals surface area contributed by atoms with E-state index in [9.17, 15) is 0 Å². The Morgan fingerprint density at radius 1 is 1.21 bits per heavy atom. The standard InChI is InChI=1S/C15H28ClN3/c1-5-8-10-13(9-6-2)17-11-14-15(16)12(4)18-19(14)7-3/h13,17H,5-11H2,1-4H3. The van der Waals surface area contributed by atoms with Crippen molar-refractivity contribution in [1.29, 1.82) is 0 Å². The van der Waals surface area contributed by atoms with Crippen LogP contribution in [0.1, 0.15) is 64.3 Å². The minimum Gasteiger partial charge on any atom is -0.308 e. The highest BCUT2D eigenvalue weighted by Gasteiger charge is 2.14. The van der Waals surface area contributed by atoms with Gasteiger partial charge in [0.15, 0.2) is 0 Å². The van der Waals surface area contributed by atoms with Crippen molar-refractivity contribution in [1.82, 2.24) is 15.1 Å². The molecule has 110 valence electrons. The molecule has 1 unspecified atom stereocenters. The smallest absolute Gasteiger partial charge is 0.0860 e. The van der Waals surface area contributed by atoms with E-state index in [1.807, 2.05) is 11.6 Å². The molecule has 0 aromatic carbocycles. The van der Waals surface area contributed by atoms with Crippen LogP contribution in [0, 0.1) is 6.92 Å². The van der Waals surface area contributed by atoms with Gasteiger partial charge in [-0.25, -0.2) is 0 Å². The molecular weight excluding hydrogens is 258 g/mol. The fraction of sp³-hybridized carbons (Fsp3) is 0.800. The van der Waals surface area contributed by atoms with Crippen LogP contribution in [0.25, 0.3) is 0 Å². The van der Waals surface area contributed by atoms with Gasteiger partial charge < -0.3 is 5.32 Å². The van der Waals surface area contributed by atoms with Crippen molar-refractivity contribution >= 4 is 11.6 Å². The molecule has 0 aliphatic heterocycles. The Balaban J connectivity index is 2.62. The average Bonchev–Trinajstić information content (AvgIpc) is 2.68. The maximum Gasteiger partial charge on any atom is 0.0860 e. The largest absolute Gasteiger partial charge is 0.308 e. The first-order valence-corrected chi connectivity index (χ1v) is 7.96. The van der Waals surface area contributed by atoms with Gasteiger partial charge in [0.25, 0.3) is 0 Å². The first-order chi connectivity index (χ1) is 9.13. The van der Waals surface area contributed by atoms with Crippen LogP contribution < -0.4 is 5.32 Å². The first kappa shape index (κ1) is 16.5. The van der Waals surface area contributed by atoms with Crippen LogP contribution in [0.3, 0.4) is 0 Å². The molecule has 19 heavy (non-hydrogen) atoms. The molecule has 1 N–H and O–H groups in total. The molecule has 4 heteroatoms. The third-order valence-corrected chi connectivity index (χ3v) is 4.05. The molecule has 3 nitrogen and oxygen atoms in total. The molecule has 1 atom stereocenters. The SMILES string of the molecule is CCCCC(CCC)NCc1c(Cl)c(C)nn1CC. The van der Waals surface area contributed by atoms with E-state index >= 15 is 0 Å². The van der Waals surface area contributed by atoms with Gasteiger partial charge in [-0.2, -0.15) is 5.10 Å². The zero-order chi connectivity index (χ0) is 14.3. The number of hydrogen-bond acceptors (Lipinski definition) is 2. The quantitative estimate of drug-likeness (QED) is 0.732. The lowest BCUT2D eigenvalue weighted by Gasteiger charge is -2.18. The number of halogens is 1. The summed E-state index contributed by atoms with van der Waals surface area (Å²) < 4.78 is 2.01. The van der Waals surface area contributed by atoms with Crippen molar-refractivity contribution in [3.05, 3.63) is 16.4 Å². The Morgan fingerprint density at radius 3 is 2.53 bits per heavy atom. The Bertz CT molecular complexity index is 374. The molecule has 1 rings (SSSR count). The fourth-order valence-electron chi connectivity index (χ4n) is 2.43. The number of aromatic nitrogens is 2. The summed E-state index contributed by atoms with van der Waals surface area (Å²) in [5, 5.41) is 8.93. The fourth-order valence-corrected chi connectivity index (χ4v) is 2.63. The summed E-state index contributed by atoms with van der Waals surface area (Å²) in [6.45, 7) is 10.3. The number of nitrogens with zero attached hydrogens (tertiary/aromatic N) is 2. The molecule has 0 saturated heterocycles. The number of nitrogens with one attached hydrogen (secondary N) is 1. The maximum atomic E-state index is 6.33. The van der Waals surface area contributed by atoms with Gasteiger partial charge in [-0.15, -0.1) is 0 Å². The minimum absolute atomic E-state index is 0.599. The number of hydrogen-bond donors (Lipinski definition) is 1. The molecule has 0 spiro atoms. The number of rotatable bonds is 9. The molecule has 0 aliphatic carbocycles. The highest BCUT2D eigenvalue weighted by molar-refractivity contribution is 6.31. The van der Waals surface area contributed by atoms with E-state index in [1.54, 1.807) is 0 Å². The molecular formula is C15H28ClN3. The predicted octanol–water partition coefficient (Wildman–Crippen LogP) is 4.31. The zero-order valence-electron chi connectivity index (χ0n) is 12.8. The second-order valence-electron chi connectivity index (χ2n) is 5.17. The van der Waals surface area contributed by atoms with Crippen molar-refractivity contribution in [3.63, 3.8) is 0 Å². The van der Waals surface area contributed by atoms with Gasteiger partial charge in [-0.3, -0.25) is 4.68 Å². The van der Waals surface area contributed by atoms with E-state index in [2.05, 4.69) is 31.2 Å². The summed E-state index contributed by atoms with van der Waals surface area (Å²) in [5.74, 6) is 0. The topological polar surface area (TPSA) is 29.9 Å². The van der Waals surface area contributed by atoms with Crippen LogP contribution >= 0.6 is 11.6 Å². The van der Waals surface area contributed by atoms with Crippen LogP contribution in [-0.4, -0.2) is 15.8 Å². The van der Waals surface area contributed by atoms with Crippen LogP contribution in [0.5, 0.6) is 0 Å². The molecule has 0 bridgehead atoms. The van der Waals surface area contributed by atoms with Crippen LogP contribution in [0.4, 0.5) is 0 Å². The number of unbranched alkanes of at least 4 members (excludes halogenated alkanes) is 1. The van der Waals surface area contributed by atoms with Crippen molar-refractivity contribution in [2.45, 2.75) is 78.9 Å². The summed E-state index contributed by atoms with van der Waals surface area (Å²) in [5.41, 5.74) is 2.06. The predicted molar refractivity (Wildman–Crippen MR) is 82.7 cm³/mol. The van der Waals surface area contributed by atoms with E-state index in [-0.39, 0.29) is 0 Å². The van der Waals surface area contributed by atoms with Crippen molar-refractivity contribution in [3.8, 4) is 0 Å². The highest BCUT2D eigenvalue weighted by Crippen LogP contribution is 2.20. The third-order valence-electron chi connectivity index (χ3n) is 3.55. The molecule has 0 radical (unpaired) electrons. The van der Waals surface area contributed by atoms with Crippen LogP contribution in [-0.2, 0) is 13.1 Å². The number of aryl methyl sites for hydroxylation is 2. The minimum atomic E-state index is 0.599. The van der Waals surface area contributed by atoms with Gasteiger partial charge in [0, 0.05) is 19.1 Å². The summed E-state index contributed by atoms with van der Waals surface area (Å²) in [6, 6.07) is 0.599. The lowest BCUT2D eigenvalue weighted by molar-refractivity contribution is 0.424. The molecule has 0 fully saturated rings. The van der Waals surface area contributed by atoms with E-state index < -0.39 is 0 Å². The third kappa shape index (κ3) is 4.81. The van der Waals surface area contributed by atoms with Crippen LogP contribution in [0.15, 0.2) is 0 Å². The van der Waals surface area contributed by atoms with Gasteiger partial charge in [0.1, 0.15) is 0 Å². The second kappa shape index (κ2) is 8.60. The zero-order valence-corrected chi connectivity index (χ0v) is 13.6. The summed E-state index contributed by atoms with van der Waals surface area (Å²) in [6.07, 6.45) is 6.26. The normalized spacial score (nSPS) is 12.9. The van der Waals surface area contributed by atoms with E-state index in [4.69, 9.17) is 11.6 Å². The van der Waals surface area contributed by atoms with Crippen molar-refractivity contribution in [2.75, 3.05) is 0 Å². The summed E-state index contributed by atoms with van der Waals surface area (Å²) in [4.78, 5) is 0. The van der Waals surface area contributed by atoms with Gasteiger partial charge in [-0.1, -0.05) is 44.7 Å². The Morgan fingerprint density at radius 2 is 1.95 bits per heavy atom. The average molecular weight is 286 g/mol. The Hall–Kier alpha value is -0.540. The molecule has 0 saturated carbocycles.